The summed E-state index contributed by atoms with van der Waals surface area (Å²) >= 11 is 1.58. The largest absolute Gasteiger partial charge is 0.497 e. The van der Waals surface area contributed by atoms with Crippen LogP contribution in [-0.4, -0.2) is 54.9 Å². The molecule has 2 aliphatic rings. The number of ether oxygens (including phenoxy) is 2. The van der Waals surface area contributed by atoms with Crippen LogP contribution in [0.3, 0.4) is 0 Å². The van der Waals surface area contributed by atoms with Crippen molar-refractivity contribution in [3.63, 3.8) is 0 Å². The molecule has 8 heteroatoms. The minimum atomic E-state index is -0.815. The summed E-state index contributed by atoms with van der Waals surface area (Å²) in [7, 11) is 3.07. The molecule has 29 heavy (non-hydrogen) atoms. The van der Waals surface area contributed by atoms with Crippen LogP contribution in [0.5, 0.6) is 11.5 Å². The monoisotopic (exact) mass is 420 g/mol. The topological polar surface area (TPSA) is 84.9 Å². The standard InChI is InChI=1S/C21H28N2O5S/c1-27-14-10-13(11-15(12-14)28-2)22-19(24)18(8-9-29-3)23-20(25)16-6-4-5-7-17(16)21(23)26/h10-12,16-18H,4-9H2,1-3H3,(H,22,24). The number of rotatable bonds is 8. The van der Waals surface area contributed by atoms with Crippen LogP contribution in [0, 0.1) is 11.8 Å². The number of hydrogen-bond acceptors (Lipinski definition) is 6. The van der Waals surface area contributed by atoms with Gasteiger partial charge in [-0.15, -0.1) is 0 Å². The van der Waals surface area contributed by atoms with Crippen LogP contribution in [0.15, 0.2) is 18.2 Å². The highest BCUT2D eigenvalue weighted by atomic mass is 32.2. The first-order valence-electron chi connectivity index (χ1n) is 9.90. The second kappa shape index (κ2) is 9.52. The normalized spacial score (nSPS) is 22.2. The molecule has 3 rings (SSSR count). The fourth-order valence-electron chi connectivity index (χ4n) is 4.21. The molecule has 2 fully saturated rings. The maximum absolute atomic E-state index is 13.2. The number of anilines is 1. The van der Waals surface area contributed by atoms with Crippen LogP contribution in [0.25, 0.3) is 0 Å². The van der Waals surface area contributed by atoms with Crippen molar-refractivity contribution >= 4 is 35.2 Å². The molecule has 158 valence electrons. The summed E-state index contributed by atoms with van der Waals surface area (Å²) in [5.41, 5.74) is 0.497. The summed E-state index contributed by atoms with van der Waals surface area (Å²) in [6, 6.07) is 4.25. The van der Waals surface area contributed by atoms with Crippen LogP contribution in [0.4, 0.5) is 5.69 Å². The Bertz CT molecular complexity index is 738. The molecular formula is C21H28N2O5S. The fraction of sp³-hybridized carbons (Fsp3) is 0.571. The summed E-state index contributed by atoms with van der Waals surface area (Å²) in [6.45, 7) is 0. The van der Waals surface area contributed by atoms with Gasteiger partial charge in [-0.25, -0.2) is 0 Å². The zero-order valence-corrected chi connectivity index (χ0v) is 17.9. The van der Waals surface area contributed by atoms with E-state index >= 15 is 0 Å². The predicted octanol–water partition coefficient (Wildman–Crippen LogP) is 2.94. The van der Waals surface area contributed by atoms with Crippen molar-refractivity contribution in [3.8, 4) is 11.5 Å². The predicted molar refractivity (Wildman–Crippen MR) is 112 cm³/mol. The Morgan fingerprint density at radius 2 is 1.66 bits per heavy atom. The van der Waals surface area contributed by atoms with Gasteiger partial charge < -0.3 is 14.8 Å². The van der Waals surface area contributed by atoms with Gasteiger partial charge in [0.25, 0.3) is 0 Å². The Balaban J connectivity index is 1.84. The van der Waals surface area contributed by atoms with E-state index in [9.17, 15) is 14.4 Å². The smallest absolute Gasteiger partial charge is 0.247 e. The van der Waals surface area contributed by atoms with E-state index in [0.717, 1.165) is 25.7 Å². The number of thioether (sulfide) groups is 1. The van der Waals surface area contributed by atoms with Crippen molar-refractivity contribution in [1.82, 2.24) is 4.90 Å². The Morgan fingerprint density at radius 1 is 1.10 bits per heavy atom. The number of carbonyl (C=O) groups is 3. The van der Waals surface area contributed by atoms with Crippen LogP contribution < -0.4 is 14.8 Å². The zero-order chi connectivity index (χ0) is 21.0. The summed E-state index contributed by atoms with van der Waals surface area (Å²) in [5.74, 6) is 0.476. The quantitative estimate of drug-likeness (QED) is 0.651. The van der Waals surface area contributed by atoms with Crippen molar-refractivity contribution in [2.24, 2.45) is 11.8 Å². The third kappa shape index (κ3) is 4.52. The van der Waals surface area contributed by atoms with E-state index < -0.39 is 6.04 Å². The van der Waals surface area contributed by atoms with E-state index in [1.807, 2.05) is 6.26 Å². The number of likely N-dealkylation sites (tertiary alicyclic amines) is 1. The Labute approximate surface area is 175 Å². The number of hydrogen-bond donors (Lipinski definition) is 1. The maximum atomic E-state index is 13.2. The van der Waals surface area contributed by atoms with Crippen molar-refractivity contribution in [1.29, 1.82) is 0 Å². The lowest BCUT2D eigenvalue weighted by atomic mass is 9.81. The van der Waals surface area contributed by atoms with Gasteiger partial charge in [0, 0.05) is 23.9 Å². The highest BCUT2D eigenvalue weighted by Crippen LogP contribution is 2.39. The molecule has 1 aromatic carbocycles. The molecule has 0 bridgehead atoms. The second-order valence-electron chi connectivity index (χ2n) is 7.43. The number of amides is 3. The number of nitrogens with one attached hydrogen (secondary N) is 1. The Morgan fingerprint density at radius 3 is 2.14 bits per heavy atom. The third-order valence-corrected chi connectivity index (χ3v) is 6.35. The van der Waals surface area contributed by atoms with E-state index in [0.29, 0.717) is 29.4 Å². The van der Waals surface area contributed by atoms with Crippen LogP contribution in [0.1, 0.15) is 32.1 Å². The lowest BCUT2D eigenvalue weighted by molar-refractivity contribution is -0.146. The molecule has 1 saturated heterocycles. The third-order valence-electron chi connectivity index (χ3n) is 5.70. The highest BCUT2D eigenvalue weighted by Gasteiger charge is 2.51. The van der Waals surface area contributed by atoms with Gasteiger partial charge in [0.1, 0.15) is 17.5 Å². The second-order valence-corrected chi connectivity index (χ2v) is 8.42. The Hall–Kier alpha value is -2.22. The van der Waals surface area contributed by atoms with Crippen molar-refractivity contribution in [2.45, 2.75) is 38.1 Å². The molecule has 1 heterocycles. The lowest BCUT2D eigenvalue weighted by Crippen LogP contribution is -2.48. The van der Waals surface area contributed by atoms with E-state index in [1.54, 1.807) is 30.0 Å². The minimum Gasteiger partial charge on any atom is -0.497 e. The van der Waals surface area contributed by atoms with Gasteiger partial charge >= 0.3 is 0 Å². The molecule has 1 aliphatic carbocycles. The molecule has 3 amide bonds. The van der Waals surface area contributed by atoms with E-state index in [2.05, 4.69) is 5.32 Å². The lowest BCUT2D eigenvalue weighted by Gasteiger charge is -2.26. The van der Waals surface area contributed by atoms with Gasteiger partial charge in [0.15, 0.2) is 0 Å². The summed E-state index contributed by atoms with van der Waals surface area (Å²) in [6.07, 6.45) is 5.74. The number of carbonyl (C=O) groups excluding carboxylic acids is 3. The summed E-state index contributed by atoms with van der Waals surface area (Å²) < 4.78 is 10.5. The van der Waals surface area contributed by atoms with Gasteiger partial charge in [0.05, 0.1) is 26.1 Å². The first kappa shape index (κ1) is 21.5. The first-order valence-corrected chi connectivity index (χ1v) is 11.3. The van der Waals surface area contributed by atoms with Gasteiger partial charge in [-0.3, -0.25) is 19.3 Å². The van der Waals surface area contributed by atoms with Crippen molar-refractivity contribution in [3.05, 3.63) is 18.2 Å². The van der Waals surface area contributed by atoms with Crippen molar-refractivity contribution in [2.75, 3.05) is 31.5 Å². The molecule has 0 spiro atoms. The number of benzene rings is 1. The van der Waals surface area contributed by atoms with Gasteiger partial charge in [-0.1, -0.05) is 12.8 Å². The van der Waals surface area contributed by atoms with Gasteiger partial charge in [0.2, 0.25) is 17.7 Å². The number of imide groups is 1. The minimum absolute atomic E-state index is 0.191. The fourth-order valence-corrected chi connectivity index (χ4v) is 4.67. The average Bonchev–Trinajstić information content (AvgIpc) is 2.99. The number of nitrogens with zero attached hydrogens (tertiary/aromatic N) is 1. The van der Waals surface area contributed by atoms with Gasteiger partial charge in [-0.2, -0.15) is 11.8 Å². The molecule has 1 N–H and O–H groups in total. The molecule has 7 nitrogen and oxygen atoms in total. The highest BCUT2D eigenvalue weighted by molar-refractivity contribution is 7.98. The maximum Gasteiger partial charge on any atom is 0.247 e. The molecular weight excluding hydrogens is 392 g/mol. The molecule has 1 saturated carbocycles. The number of methoxy groups -OCH3 is 2. The van der Waals surface area contributed by atoms with E-state index in [4.69, 9.17) is 9.47 Å². The van der Waals surface area contributed by atoms with Crippen LogP contribution >= 0.6 is 11.8 Å². The van der Waals surface area contributed by atoms with E-state index in [-0.39, 0.29) is 29.6 Å². The molecule has 0 radical (unpaired) electrons. The van der Waals surface area contributed by atoms with Crippen LogP contribution in [-0.2, 0) is 14.4 Å². The zero-order valence-electron chi connectivity index (χ0n) is 17.1. The molecule has 1 aliphatic heterocycles. The van der Waals surface area contributed by atoms with Crippen LogP contribution in [0.2, 0.25) is 0 Å². The Kier molecular flexibility index (Phi) is 7.05. The summed E-state index contributed by atoms with van der Waals surface area (Å²) in [5, 5.41) is 2.85. The first-order chi connectivity index (χ1) is 14.0. The molecule has 3 unspecified atom stereocenters. The van der Waals surface area contributed by atoms with E-state index in [1.165, 1.54) is 19.1 Å². The molecule has 1 aromatic rings. The SMILES string of the molecule is COc1cc(NC(=O)C(CCSC)N2C(=O)C3CCCCC3C2=O)cc(OC)c1. The number of fused-ring (bicyclic) bond motifs is 1. The summed E-state index contributed by atoms with van der Waals surface area (Å²) in [4.78, 5) is 40.4. The van der Waals surface area contributed by atoms with Gasteiger partial charge in [-0.05, 0) is 31.3 Å². The molecule has 0 aromatic heterocycles. The molecule has 3 atom stereocenters. The van der Waals surface area contributed by atoms with Crippen molar-refractivity contribution < 1.29 is 23.9 Å². The average molecular weight is 421 g/mol.